The Bertz CT molecular complexity index is 1250. The SMILES string of the molecule is COc1cc(Nc2cc(C#N)cn3cc(CC(C)C)nc23)ccc1-c1ocnc1C. The third-order valence-corrected chi connectivity index (χ3v) is 4.82. The molecule has 0 atom stereocenters. The van der Waals surface area contributed by atoms with Crippen LogP contribution in [0.4, 0.5) is 11.4 Å². The van der Waals surface area contributed by atoms with Gasteiger partial charge in [0.25, 0.3) is 0 Å². The number of hydrogen-bond donors (Lipinski definition) is 1. The van der Waals surface area contributed by atoms with Gasteiger partial charge >= 0.3 is 0 Å². The Morgan fingerprint density at radius 1 is 1.27 bits per heavy atom. The van der Waals surface area contributed by atoms with Crippen LogP contribution in [0.2, 0.25) is 0 Å². The number of imidazole rings is 1. The molecule has 0 amide bonds. The van der Waals surface area contributed by atoms with Gasteiger partial charge in [0, 0.05) is 24.1 Å². The van der Waals surface area contributed by atoms with E-state index in [0.717, 1.165) is 40.4 Å². The van der Waals surface area contributed by atoms with Crippen molar-refractivity contribution in [1.82, 2.24) is 14.4 Å². The van der Waals surface area contributed by atoms with Gasteiger partial charge in [0.05, 0.1) is 35.3 Å². The zero-order valence-corrected chi connectivity index (χ0v) is 17.4. The molecule has 3 heterocycles. The molecule has 0 fully saturated rings. The van der Waals surface area contributed by atoms with Gasteiger partial charge in [-0.3, -0.25) is 0 Å². The lowest BCUT2D eigenvalue weighted by Gasteiger charge is -2.12. The summed E-state index contributed by atoms with van der Waals surface area (Å²) >= 11 is 0. The molecule has 0 saturated carbocycles. The zero-order valence-electron chi connectivity index (χ0n) is 17.4. The average molecular weight is 401 g/mol. The maximum Gasteiger partial charge on any atom is 0.181 e. The number of oxazole rings is 1. The van der Waals surface area contributed by atoms with E-state index in [1.165, 1.54) is 6.39 Å². The molecule has 0 aliphatic heterocycles. The lowest BCUT2D eigenvalue weighted by Crippen LogP contribution is -1.98. The smallest absolute Gasteiger partial charge is 0.181 e. The Kier molecular flexibility index (Phi) is 5.15. The van der Waals surface area contributed by atoms with E-state index in [4.69, 9.17) is 14.1 Å². The summed E-state index contributed by atoms with van der Waals surface area (Å²) in [4.78, 5) is 8.93. The second kappa shape index (κ2) is 7.91. The van der Waals surface area contributed by atoms with Crippen LogP contribution in [0.5, 0.6) is 5.75 Å². The first-order valence-electron chi connectivity index (χ1n) is 9.75. The molecule has 0 bridgehead atoms. The van der Waals surface area contributed by atoms with Crippen LogP contribution in [-0.2, 0) is 6.42 Å². The van der Waals surface area contributed by atoms with E-state index in [2.05, 4.69) is 30.2 Å². The lowest BCUT2D eigenvalue weighted by atomic mass is 10.1. The molecule has 7 nitrogen and oxygen atoms in total. The molecule has 7 heteroatoms. The number of pyridine rings is 1. The Hall–Kier alpha value is -3.79. The van der Waals surface area contributed by atoms with E-state index in [-0.39, 0.29) is 0 Å². The molecule has 3 aromatic heterocycles. The Balaban J connectivity index is 1.74. The number of aromatic nitrogens is 3. The quantitative estimate of drug-likeness (QED) is 0.482. The fraction of sp³-hybridized carbons (Fsp3) is 0.261. The number of rotatable bonds is 6. The molecule has 0 spiro atoms. The number of hydrogen-bond acceptors (Lipinski definition) is 6. The van der Waals surface area contributed by atoms with Gasteiger partial charge < -0.3 is 18.9 Å². The highest BCUT2D eigenvalue weighted by Crippen LogP contribution is 2.35. The number of ether oxygens (including phenoxy) is 1. The molecule has 0 saturated heterocycles. The number of anilines is 2. The van der Waals surface area contributed by atoms with Crippen LogP contribution in [-0.4, -0.2) is 21.5 Å². The first kappa shape index (κ1) is 19.5. The van der Waals surface area contributed by atoms with Crippen molar-refractivity contribution in [2.75, 3.05) is 12.4 Å². The third-order valence-electron chi connectivity index (χ3n) is 4.82. The van der Waals surface area contributed by atoms with Gasteiger partial charge in [-0.05, 0) is 37.5 Å². The summed E-state index contributed by atoms with van der Waals surface area (Å²) in [6.45, 7) is 6.21. The summed E-state index contributed by atoms with van der Waals surface area (Å²) in [5.74, 6) is 1.84. The van der Waals surface area contributed by atoms with Crippen LogP contribution in [0.1, 0.15) is 30.8 Å². The number of nitrogens with zero attached hydrogens (tertiary/aromatic N) is 4. The highest BCUT2D eigenvalue weighted by molar-refractivity contribution is 5.78. The summed E-state index contributed by atoms with van der Waals surface area (Å²) in [5.41, 5.74) is 5.53. The van der Waals surface area contributed by atoms with Crippen LogP contribution < -0.4 is 10.1 Å². The average Bonchev–Trinajstić information content (AvgIpc) is 3.32. The van der Waals surface area contributed by atoms with Crippen molar-refractivity contribution in [3.8, 4) is 23.1 Å². The van der Waals surface area contributed by atoms with E-state index in [1.54, 1.807) is 13.3 Å². The summed E-state index contributed by atoms with van der Waals surface area (Å²) in [7, 11) is 1.62. The van der Waals surface area contributed by atoms with E-state index in [9.17, 15) is 5.26 Å². The Labute approximate surface area is 175 Å². The summed E-state index contributed by atoms with van der Waals surface area (Å²) < 4.78 is 13.0. The number of nitrogens with one attached hydrogen (secondary N) is 1. The second-order valence-corrected chi connectivity index (χ2v) is 7.62. The van der Waals surface area contributed by atoms with Gasteiger partial charge in [-0.1, -0.05) is 13.8 Å². The molecule has 1 aromatic carbocycles. The fourth-order valence-corrected chi connectivity index (χ4v) is 3.49. The van der Waals surface area contributed by atoms with E-state index in [0.29, 0.717) is 23.0 Å². The van der Waals surface area contributed by atoms with E-state index < -0.39 is 0 Å². The van der Waals surface area contributed by atoms with Crippen molar-refractivity contribution < 1.29 is 9.15 Å². The number of aryl methyl sites for hydroxylation is 1. The van der Waals surface area contributed by atoms with Crippen molar-refractivity contribution in [1.29, 1.82) is 5.26 Å². The molecular weight excluding hydrogens is 378 g/mol. The van der Waals surface area contributed by atoms with Gasteiger partial charge in [-0.25, -0.2) is 9.97 Å². The topological polar surface area (TPSA) is 88.4 Å². The summed E-state index contributed by atoms with van der Waals surface area (Å²) in [5, 5.41) is 12.8. The fourth-order valence-electron chi connectivity index (χ4n) is 3.49. The van der Waals surface area contributed by atoms with Crippen molar-refractivity contribution in [3.63, 3.8) is 0 Å². The maximum absolute atomic E-state index is 9.44. The molecule has 0 aliphatic rings. The minimum Gasteiger partial charge on any atom is -0.496 e. The number of methoxy groups -OCH3 is 1. The van der Waals surface area contributed by atoms with Crippen LogP contribution in [0, 0.1) is 24.2 Å². The van der Waals surface area contributed by atoms with Crippen LogP contribution in [0.3, 0.4) is 0 Å². The molecule has 30 heavy (non-hydrogen) atoms. The number of benzene rings is 1. The minimum atomic E-state index is 0.498. The van der Waals surface area contributed by atoms with Crippen molar-refractivity contribution >= 4 is 17.0 Å². The van der Waals surface area contributed by atoms with Crippen LogP contribution >= 0.6 is 0 Å². The zero-order chi connectivity index (χ0) is 21.3. The predicted molar refractivity (Wildman–Crippen MR) is 115 cm³/mol. The standard InChI is InChI=1S/C23H23N5O2/c1-14(2)7-18-12-28-11-16(10-24)8-20(23(28)27-18)26-17-5-6-19(21(9-17)29-4)22-15(3)25-13-30-22/h5-6,8-9,11-14,26H,7H2,1-4H3. The normalized spacial score (nSPS) is 11.1. The van der Waals surface area contributed by atoms with Crippen LogP contribution in [0.15, 0.2) is 47.5 Å². The molecule has 4 rings (SSSR count). The van der Waals surface area contributed by atoms with Gasteiger partial charge in [0.15, 0.2) is 17.8 Å². The molecular formula is C23H23N5O2. The summed E-state index contributed by atoms with van der Waals surface area (Å²) in [6, 6.07) is 9.78. The predicted octanol–water partition coefficient (Wildman–Crippen LogP) is 5.12. The largest absolute Gasteiger partial charge is 0.496 e. The highest BCUT2D eigenvalue weighted by Gasteiger charge is 2.15. The number of nitriles is 1. The van der Waals surface area contributed by atoms with E-state index in [1.807, 2.05) is 41.8 Å². The van der Waals surface area contributed by atoms with E-state index >= 15 is 0 Å². The Morgan fingerprint density at radius 3 is 2.77 bits per heavy atom. The first-order valence-corrected chi connectivity index (χ1v) is 9.75. The van der Waals surface area contributed by atoms with Gasteiger partial charge in [-0.2, -0.15) is 5.26 Å². The molecule has 0 radical (unpaired) electrons. The summed E-state index contributed by atoms with van der Waals surface area (Å²) in [6.07, 6.45) is 6.08. The third kappa shape index (κ3) is 3.72. The first-order chi connectivity index (χ1) is 14.5. The molecule has 0 unspecified atom stereocenters. The van der Waals surface area contributed by atoms with Gasteiger partial charge in [0.1, 0.15) is 11.8 Å². The minimum absolute atomic E-state index is 0.498. The van der Waals surface area contributed by atoms with Crippen molar-refractivity contribution in [3.05, 3.63) is 60.0 Å². The second-order valence-electron chi connectivity index (χ2n) is 7.62. The molecule has 4 aromatic rings. The highest BCUT2D eigenvalue weighted by atomic mass is 16.5. The lowest BCUT2D eigenvalue weighted by molar-refractivity contribution is 0.415. The van der Waals surface area contributed by atoms with Gasteiger partial charge in [0.2, 0.25) is 0 Å². The maximum atomic E-state index is 9.44. The Morgan fingerprint density at radius 2 is 2.10 bits per heavy atom. The molecule has 152 valence electrons. The monoisotopic (exact) mass is 401 g/mol. The van der Waals surface area contributed by atoms with Crippen molar-refractivity contribution in [2.45, 2.75) is 27.2 Å². The molecule has 1 N–H and O–H groups in total. The van der Waals surface area contributed by atoms with Crippen LogP contribution in [0.25, 0.3) is 17.0 Å². The van der Waals surface area contributed by atoms with Gasteiger partial charge in [-0.15, -0.1) is 0 Å². The molecule has 0 aliphatic carbocycles. The van der Waals surface area contributed by atoms with Crippen molar-refractivity contribution in [2.24, 2.45) is 5.92 Å². The number of fused-ring (bicyclic) bond motifs is 1.